The van der Waals surface area contributed by atoms with E-state index in [2.05, 4.69) is 9.47 Å². The highest BCUT2D eigenvalue weighted by Gasteiger charge is 2.22. The largest absolute Gasteiger partial charge is 1.00 e. The Balaban J connectivity index is 0.00000729. The number of methoxy groups -OCH3 is 2. The van der Waals surface area contributed by atoms with Gasteiger partial charge in [-0.1, -0.05) is 32.1 Å². The number of hydrogen-bond donors (Lipinski definition) is 0. The molecule has 0 aliphatic heterocycles. The summed E-state index contributed by atoms with van der Waals surface area (Å²) in [5.74, 6) is -2.43. The molecule has 1 rings (SSSR count). The van der Waals surface area contributed by atoms with Gasteiger partial charge in [0.05, 0.1) is 14.2 Å². The molecule has 0 spiro atoms. The minimum Gasteiger partial charge on any atom is -1.00 e. The minimum atomic E-state index is -0.741. The van der Waals surface area contributed by atoms with Gasteiger partial charge in [-0.15, -0.1) is 0 Å². The second-order valence-electron chi connectivity index (χ2n) is 6.14. The molecule has 8 nitrogen and oxygen atoms in total. The van der Waals surface area contributed by atoms with Crippen LogP contribution in [0.3, 0.4) is 0 Å². The predicted octanol–water partition coefficient (Wildman–Crippen LogP) is -1.13. The number of carbonyl (C=O) groups is 4. The molecule has 158 valence electrons. The molecule has 0 bridgehead atoms. The van der Waals surface area contributed by atoms with Crippen LogP contribution in [-0.4, -0.2) is 50.8 Å². The molecule has 1 aliphatic rings. The molecule has 0 aromatic heterocycles. The van der Waals surface area contributed by atoms with Gasteiger partial charge in [-0.3, -0.25) is 0 Å². The zero-order chi connectivity index (χ0) is 20.1. The molecule has 0 amide bonds. The lowest BCUT2D eigenvalue weighted by Crippen LogP contribution is -3.00. The smallest absolute Gasteiger partial charge is 0.331 e. The lowest BCUT2D eigenvalue weighted by Gasteiger charge is -2.26. The first kappa shape index (κ1) is 25.6. The van der Waals surface area contributed by atoms with Crippen molar-refractivity contribution >= 4 is 23.9 Å². The summed E-state index contributed by atoms with van der Waals surface area (Å²) in [7, 11) is 2.39. The van der Waals surface area contributed by atoms with Gasteiger partial charge in [-0.2, -0.15) is 0 Å². The van der Waals surface area contributed by atoms with E-state index in [4.69, 9.17) is 9.47 Å². The van der Waals surface area contributed by atoms with Crippen LogP contribution < -0.4 is 12.4 Å². The Morgan fingerprint density at radius 1 is 0.821 bits per heavy atom. The Hall–Kier alpha value is -2.35. The van der Waals surface area contributed by atoms with Crippen LogP contribution in [0.4, 0.5) is 0 Å². The summed E-state index contributed by atoms with van der Waals surface area (Å²) in [6.07, 6.45) is 9.24. The van der Waals surface area contributed by atoms with E-state index in [0.29, 0.717) is 12.3 Å². The second kappa shape index (κ2) is 14.7. The Morgan fingerprint density at radius 3 is 1.86 bits per heavy atom. The fourth-order valence-electron chi connectivity index (χ4n) is 2.78. The van der Waals surface area contributed by atoms with E-state index in [0.717, 1.165) is 50.0 Å². The van der Waals surface area contributed by atoms with E-state index in [1.807, 2.05) is 0 Å². The van der Waals surface area contributed by atoms with E-state index in [1.54, 1.807) is 0 Å². The minimum absolute atomic E-state index is 0. The van der Waals surface area contributed by atoms with Gasteiger partial charge >= 0.3 is 23.9 Å². The highest BCUT2D eigenvalue weighted by molar-refractivity contribution is 5.92. The first-order valence-electron chi connectivity index (χ1n) is 8.84. The molecule has 28 heavy (non-hydrogen) atoms. The summed E-state index contributed by atoms with van der Waals surface area (Å²) < 4.78 is 19.2. The van der Waals surface area contributed by atoms with E-state index in [1.165, 1.54) is 20.6 Å². The number of rotatable bonds is 9. The Bertz CT molecular complexity index is 578. The van der Waals surface area contributed by atoms with Gasteiger partial charge in [-0.25, -0.2) is 19.2 Å². The van der Waals surface area contributed by atoms with Crippen LogP contribution in [0.1, 0.15) is 38.5 Å². The molecule has 1 fully saturated rings. The van der Waals surface area contributed by atoms with E-state index in [9.17, 15) is 19.2 Å². The van der Waals surface area contributed by atoms with Gasteiger partial charge < -0.3 is 31.4 Å². The van der Waals surface area contributed by atoms with Crippen molar-refractivity contribution < 1.29 is 50.5 Å². The second-order valence-corrected chi connectivity index (χ2v) is 6.14. The average molecular weight is 418 g/mol. The number of halogens is 1. The summed E-state index contributed by atoms with van der Waals surface area (Å²) in [5.41, 5.74) is 0. The van der Waals surface area contributed by atoms with Gasteiger partial charge in [0.2, 0.25) is 0 Å². The van der Waals surface area contributed by atoms with Gasteiger partial charge in [0.15, 0.2) is 0 Å². The third-order valence-electron chi connectivity index (χ3n) is 4.13. The first-order valence-corrected chi connectivity index (χ1v) is 8.84. The first-order chi connectivity index (χ1) is 12.9. The average Bonchev–Trinajstić information content (AvgIpc) is 2.68. The summed E-state index contributed by atoms with van der Waals surface area (Å²) in [6.45, 7) is -0.140. The Labute approximate surface area is 170 Å². The van der Waals surface area contributed by atoms with Crippen LogP contribution in [0.5, 0.6) is 0 Å². The molecule has 0 N–H and O–H groups in total. The van der Waals surface area contributed by atoms with Crippen molar-refractivity contribution in [2.75, 3.05) is 20.8 Å². The number of carbonyl (C=O) groups excluding carboxylic acids is 4. The zero-order valence-electron chi connectivity index (χ0n) is 16.1. The lowest BCUT2D eigenvalue weighted by atomic mass is 9.85. The van der Waals surface area contributed by atoms with Crippen molar-refractivity contribution in [3.63, 3.8) is 0 Å². The SMILES string of the molecule is COC(=O)/C=C/C(=O)OCC(CC1CCCCC1)OC(=O)/C=C/C(=O)OC.[Cl-]. The number of ether oxygens (including phenoxy) is 4. The third-order valence-corrected chi connectivity index (χ3v) is 4.13. The molecule has 0 radical (unpaired) electrons. The summed E-state index contributed by atoms with van der Waals surface area (Å²) in [4.78, 5) is 45.6. The monoisotopic (exact) mass is 417 g/mol. The fourth-order valence-corrected chi connectivity index (χ4v) is 2.78. The van der Waals surface area contributed by atoms with Gasteiger partial charge in [-0.05, 0) is 12.3 Å². The highest BCUT2D eigenvalue weighted by atomic mass is 35.5. The third kappa shape index (κ3) is 11.4. The quantitative estimate of drug-likeness (QED) is 0.264. The van der Waals surface area contributed by atoms with Crippen LogP contribution in [0.2, 0.25) is 0 Å². The molecule has 9 heteroatoms. The zero-order valence-corrected chi connectivity index (χ0v) is 16.8. The van der Waals surface area contributed by atoms with Crippen molar-refractivity contribution in [3.8, 4) is 0 Å². The standard InChI is InChI=1S/C19H26O8.ClH/c1-24-16(20)8-10-18(22)26-13-15(12-14-6-4-3-5-7-14)27-19(23)11-9-17(21)25-2;/h8-11,14-15H,3-7,12-13H2,1-2H3;1H/p-1/b10-8+,11-9+;. The number of hydrogen-bond acceptors (Lipinski definition) is 8. The Kier molecular flexibility index (Phi) is 13.4. The molecule has 1 unspecified atom stereocenters. The van der Waals surface area contributed by atoms with E-state index < -0.39 is 30.0 Å². The number of esters is 4. The van der Waals surface area contributed by atoms with Crippen molar-refractivity contribution in [3.05, 3.63) is 24.3 Å². The summed E-state index contributed by atoms with van der Waals surface area (Å²) in [5, 5.41) is 0. The molecular weight excluding hydrogens is 392 g/mol. The highest BCUT2D eigenvalue weighted by Crippen LogP contribution is 2.28. The van der Waals surface area contributed by atoms with Gasteiger partial charge in [0.1, 0.15) is 12.7 Å². The molecule has 0 saturated heterocycles. The summed E-state index contributed by atoms with van der Waals surface area (Å²) in [6, 6.07) is 0. The van der Waals surface area contributed by atoms with Crippen LogP contribution in [-0.2, 0) is 38.1 Å². The van der Waals surface area contributed by atoms with Crippen LogP contribution in [0.25, 0.3) is 0 Å². The van der Waals surface area contributed by atoms with Crippen molar-refractivity contribution in [2.45, 2.75) is 44.6 Å². The Morgan fingerprint density at radius 2 is 1.32 bits per heavy atom. The molecule has 1 saturated carbocycles. The predicted molar refractivity (Wildman–Crippen MR) is 94.3 cm³/mol. The maximum atomic E-state index is 11.9. The van der Waals surface area contributed by atoms with Crippen molar-refractivity contribution in [2.24, 2.45) is 5.92 Å². The van der Waals surface area contributed by atoms with Crippen LogP contribution in [0, 0.1) is 5.92 Å². The summed E-state index contributed by atoms with van der Waals surface area (Å²) >= 11 is 0. The molecule has 0 aromatic carbocycles. The molecule has 1 atom stereocenters. The van der Waals surface area contributed by atoms with E-state index >= 15 is 0 Å². The van der Waals surface area contributed by atoms with Gasteiger partial charge in [0, 0.05) is 24.3 Å². The van der Waals surface area contributed by atoms with E-state index in [-0.39, 0.29) is 19.0 Å². The topological polar surface area (TPSA) is 105 Å². The van der Waals surface area contributed by atoms with Crippen molar-refractivity contribution in [1.82, 2.24) is 0 Å². The maximum Gasteiger partial charge on any atom is 0.331 e. The maximum absolute atomic E-state index is 11.9. The van der Waals surface area contributed by atoms with Crippen LogP contribution >= 0.6 is 0 Å². The van der Waals surface area contributed by atoms with Crippen LogP contribution in [0.15, 0.2) is 24.3 Å². The van der Waals surface area contributed by atoms with Gasteiger partial charge in [0.25, 0.3) is 0 Å². The molecule has 0 aromatic rings. The fraction of sp³-hybridized carbons (Fsp3) is 0.579. The van der Waals surface area contributed by atoms with Crippen molar-refractivity contribution in [1.29, 1.82) is 0 Å². The molecule has 0 heterocycles. The molecular formula is C19H26ClO8-. The molecule has 1 aliphatic carbocycles. The lowest BCUT2D eigenvalue weighted by molar-refractivity contribution is -0.154. The normalized spacial score (nSPS) is 15.5.